The number of hydrogen-bond acceptors (Lipinski definition) is 12. The molecule has 340 valence electrons. The van der Waals surface area contributed by atoms with E-state index in [4.69, 9.17) is 14.2 Å². The number of carbonyl (C=O) groups is 8. The maximum atomic E-state index is 14.5. The molecule has 4 N–H and O–H groups in total. The molecule has 0 bridgehead atoms. The first-order chi connectivity index (χ1) is 28.6. The number of methoxy groups -OCH3 is 1. The molecule has 5 amide bonds. The third-order valence-corrected chi connectivity index (χ3v) is 11.6. The number of aliphatic hydroxyl groups excluding tert-OH is 1. The molecule has 1 aromatic carbocycles. The molecule has 0 aromatic heterocycles. The molecule has 2 fully saturated rings. The number of aliphatic hydroxyl groups is 1. The molecule has 3 rings (SSSR count). The molecule has 0 saturated carbocycles. The van der Waals surface area contributed by atoms with Crippen LogP contribution >= 0.6 is 0 Å². The van der Waals surface area contributed by atoms with Crippen LogP contribution < -0.4 is 20.7 Å². The standard InChI is InChI=1S/C44H67N5O12/c1-12-25(6)36-34(51)22-35(52)61-39(24(4)5)38(53)26(7)40(54)46-31(20-23(2)3)42(56)49-19-13-14-32(49)43(57)48(10)33(21-29-15-17-30(59-11)18-16-29)44(58)60-27(8)37(41(55)47-36)45-28(9)50/h15-18,23-27,31-34,36-37,39,51H,12-14,19-22H2,1-11H3,(H,45,50)(H,46,54)(H,47,55)/t25-,26-,27+,31-,32-,33-,34-,36+,37+,39-/m0/s1. The van der Waals surface area contributed by atoms with Crippen LogP contribution in [0.5, 0.6) is 5.75 Å². The van der Waals surface area contributed by atoms with E-state index in [1.54, 1.807) is 45.0 Å². The Kier molecular flexibility index (Phi) is 18.7. The molecular formula is C44H67N5O12. The lowest BCUT2D eigenvalue weighted by atomic mass is 9.91. The van der Waals surface area contributed by atoms with Crippen molar-refractivity contribution in [3.05, 3.63) is 29.8 Å². The number of ether oxygens (including phenoxy) is 3. The number of hydrogen-bond donors (Lipinski definition) is 4. The minimum Gasteiger partial charge on any atom is -0.497 e. The average molecular weight is 858 g/mol. The Balaban J connectivity index is 2.17. The number of amides is 5. The Bertz CT molecular complexity index is 1730. The summed E-state index contributed by atoms with van der Waals surface area (Å²) in [5.41, 5.74) is 0.634. The van der Waals surface area contributed by atoms with Gasteiger partial charge in [0.2, 0.25) is 29.5 Å². The lowest BCUT2D eigenvalue weighted by Gasteiger charge is -2.35. The molecule has 0 spiro atoms. The van der Waals surface area contributed by atoms with Gasteiger partial charge in [-0.1, -0.05) is 60.1 Å². The van der Waals surface area contributed by atoms with E-state index in [1.165, 1.54) is 44.7 Å². The van der Waals surface area contributed by atoms with Gasteiger partial charge in [-0.05, 0) is 68.6 Å². The Hall–Kier alpha value is -5.06. The summed E-state index contributed by atoms with van der Waals surface area (Å²) in [6.45, 7) is 14.7. The predicted octanol–water partition coefficient (Wildman–Crippen LogP) is 2.09. The van der Waals surface area contributed by atoms with Crippen LogP contribution in [0.2, 0.25) is 0 Å². The Morgan fingerprint density at radius 3 is 2.15 bits per heavy atom. The summed E-state index contributed by atoms with van der Waals surface area (Å²) >= 11 is 0. The van der Waals surface area contributed by atoms with Gasteiger partial charge in [0.1, 0.15) is 36.0 Å². The molecule has 2 aliphatic rings. The number of rotatable bonds is 9. The fourth-order valence-corrected chi connectivity index (χ4v) is 7.69. The number of carbonyl (C=O) groups excluding carboxylic acids is 8. The van der Waals surface area contributed by atoms with Gasteiger partial charge in [-0.25, -0.2) is 4.79 Å². The average Bonchev–Trinajstić information content (AvgIpc) is 3.70. The Morgan fingerprint density at radius 1 is 0.951 bits per heavy atom. The molecule has 10 atom stereocenters. The van der Waals surface area contributed by atoms with Crippen molar-refractivity contribution < 1.29 is 57.7 Å². The van der Waals surface area contributed by atoms with E-state index in [1.807, 2.05) is 20.8 Å². The van der Waals surface area contributed by atoms with E-state index in [2.05, 4.69) is 16.0 Å². The van der Waals surface area contributed by atoms with Crippen molar-refractivity contribution in [2.75, 3.05) is 20.7 Å². The van der Waals surface area contributed by atoms with E-state index in [0.29, 0.717) is 24.2 Å². The summed E-state index contributed by atoms with van der Waals surface area (Å²) in [5.74, 6) is -7.79. The summed E-state index contributed by atoms with van der Waals surface area (Å²) in [6.07, 6.45) is -3.56. The number of fused-ring (bicyclic) bond motifs is 1. The molecule has 2 aliphatic heterocycles. The van der Waals surface area contributed by atoms with E-state index in [9.17, 15) is 43.5 Å². The van der Waals surface area contributed by atoms with Crippen LogP contribution in [0.1, 0.15) is 100.0 Å². The van der Waals surface area contributed by atoms with E-state index < -0.39 is 120 Å². The third kappa shape index (κ3) is 13.5. The third-order valence-electron chi connectivity index (χ3n) is 11.6. The monoisotopic (exact) mass is 857 g/mol. The highest BCUT2D eigenvalue weighted by atomic mass is 16.6. The number of nitrogens with zero attached hydrogens (tertiary/aromatic N) is 2. The van der Waals surface area contributed by atoms with E-state index >= 15 is 0 Å². The first-order valence-electron chi connectivity index (χ1n) is 21.3. The Morgan fingerprint density at radius 2 is 1.59 bits per heavy atom. The molecule has 0 radical (unpaired) electrons. The van der Waals surface area contributed by atoms with Gasteiger partial charge in [-0.15, -0.1) is 0 Å². The van der Waals surface area contributed by atoms with Crippen molar-refractivity contribution in [1.29, 1.82) is 0 Å². The number of cyclic esters (lactones) is 2. The van der Waals surface area contributed by atoms with Crippen LogP contribution in [0, 0.1) is 23.7 Å². The van der Waals surface area contributed by atoms with Crippen LogP contribution in [0.3, 0.4) is 0 Å². The molecule has 2 heterocycles. The van der Waals surface area contributed by atoms with Gasteiger partial charge in [0.15, 0.2) is 11.9 Å². The fraction of sp³-hybridized carbons (Fsp3) is 0.682. The van der Waals surface area contributed by atoms with Crippen LogP contribution in [-0.2, 0) is 54.3 Å². The topological polar surface area (TPSA) is 227 Å². The van der Waals surface area contributed by atoms with Crippen molar-refractivity contribution in [3.63, 3.8) is 0 Å². The molecule has 0 aliphatic carbocycles. The van der Waals surface area contributed by atoms with Gasteiger partial charge in [0.25, 0.3) is 0 Å². The summed E-state index contributed by atoms with van der Waals surface area (Å²) < 4.78 is 16.8. The zero-order valence-corrected chi connectivity index (χ0v) is 37.5. The first-order valence-corrected chi connectivity index (χ1v) is 21.3. The molecule has 61 heavy (non-hydrogen) atoms. The van der Waals surface area contributed by atoms with E-state index in [0.717, 1.165) is 0 Å². The highest BCUT2D eigenvalue weighted by Gasteiger charge is 2.44. The molecule has 1 aromatic rings. The summed E-state index contributed by atoms with van der Waals surface area (Å²) in [6, 6.07) is 0.873. The van der Waals surface area contributed by atoms with Gasteiger partial charge in [0, 0.05) is 26.9 Å². The minimum atomic E-state index is -1.53. The van der Waals surface area contributed by atoms with Crippen molar-refractivity contribution in [1.82, 2.24) is 25.8 Å². The van der Waals surface area contributed by atoms with Crippen LogP contribution in [0.25, 0.3) is 0 Å². The summed E-state index contributed by atoms with van der Waals surface area (Å²) in [5, 5.41) is 19.4. The zero-order valence-electron chi connectivity index (χ0n) is 37.5. The molecule has 2 saturated heterocycles. The van der Waals surface area contributed by atoms with Gasteiger partial charge >= 0.3 is 11.9 Å². The maximum absolute atomic E-state index is 14.5. The largest absolute Gasteiger partial charge is 0.497 e. The van der Waals surface area contributed by atoms with Crippen molar-refractivity contribution in [2.24, 2.45) is 23.7 Å². The van der Waals surface area contributed by atoms with Gasteiger partial charge < -0.3 is 45.1 Å². The zero-order chi connectivity index (χ0) is 45.9. The van der Waals surface area contributed by atoms with E-state index in [-0.39, 0.29) is 31.7 Å². The lowest BCUT2D eigenvalue weighted by molar-refractivity contribution is -0.163. The van der Waals surface area contributed by atoms with Crippen molar-refractivity contribution in [2.45, 2.75) is 149 Å². The number of likely N-dealkylation sites (N-methyl/N-ethyl adjacent to an activating group) is 1. The number of Topliss-reactive ketones (excluding diaryl/α,β-unsaturated/α-hetero) is 1. The van der Waals surface area contributed by atoms with Gasteiger partial charge in [0.05, 0.1) is 31.6 Å². The van der Waals surface area contributed by atoms with Crippen molar-refractivity contribution in [3.8, 4) is 5.75 Å². The first kappa shape index (κ1) is 50.3. The van der Waals surface area contributed by atoms with Gasteiger partial charge in [-0.2, -0.15) is 0 Å². The second-order valence-electron chi connectivity index (χ2n) is 17.2. The quantitative estimate of drug-likeness (QED) is 0.207. The van der Waals surface area contributed by atoms with Crippen LogP contribution in [-0.4, -0.2) is 131 Å². The highest BCUT2D eigenvalue weighted by Crippen LogP contribution is 2.25. The summed E-state index contributed by atoms with van der Waals surface area (Å²) in [7, 11) is 2.94. The second-order valence-corrected chi connectivity index (χ2v) is 17.2. The highest BCUT2D eigenvalue weighted by molar-refractivity contribution is 6.05. The number of esters is 2. The van der Waals surface area contributed by atoms with Crippen LogP contribution in [0.4, 0.5) is 0 Å². The number of benzene rings is 1. The minimum absolute atomic E-state index is 0.0385. The summed E-state index contributed by atoms with van der Waals surface area (Å²) in [4.78, 5) is 113. The predicted molar refractivity (Wildman–Crippen MR) is 223 cm³/mol. The SMILES string of the molecule is CC[C@H](C)[C@H]1NC(=O)[C@H](NC(C)=O)[C@@H](C)OC(=O)[C@H](Cc2ccc(OC)cc2)N(C)C(=O)[C@@H]2CCCN2C(=O)[C@H](CC(C)C)NC(=O)[C@@H](C)C(=O)[C@H](C(C)C)OC(=O)C[C@@H]1O. The molecule has 17 heteroatoms. The van der Waals surface area contributed by atoms with Gasteiger partial charge in [-0.3, -0.25) is 33.6 Å². The molecule has 0 unspecified atom stereocenters. The lowest BCUT2D eigenvalue weighted by Crippen LogP contribution is -2.59. The number of nitrogens with one attached hydrogen (secondary N) is 3. The fourth-order valence-electron chi connectivity index (χ4n) is 7.69. The molecule has 17 nitrogen and oxygen atoms in total. The second kappa shape index (κ2) is 22.7. The number of ketones is 1. The van der Waals surface area contributed by atoms with Crippen LogP contribution in [0.15, 0.2) is 24.3 Å². The Labute approximate surface area is 359 Å². The maximum Gasteiger partial charge on any atom is 0.329 e. The van der Waals surface area contributed by atoms with Crippen molar-refractivity contribution >= 4 is 47.3 Å². The smallest absolute Gasteiger partial charge is 0.329 e. The normalized spacial score (nSPS) is 28.8. The molecular weight excluding hydrogens is 791 g/mol.